The van der Waals surface area contributed by atoms with Crippen LogP contribution in [0, 0.1) is 0 Å². The Labute approximate surface area is 84.2 Å². The number of methoxy groups -OCH3 is 1. The maximum absolute atomic E-state index is 11.3. The lowest BCUT2D eigenvalue weighted by Gasteiger charge is -2.37. The van der Waals surface area contributed by atoms with Gasteiger partial charge < -0.3 is 9.64 Å². The lowest BCUT2D eigenvalue weighted by molar-refractivity contribution is -0.141. The minimum absolute atomic E-state index is 0.0280. The molecule has 0 aromatic rings. The molecule has 1 rings (SSSR count). The molecular weight excluding hydrogens is 182 g/mol. The average Bonchev–Trinajstić information content (AvgIpc) is 2.16. The fraction of sp³-hybridized carbons (Fsp3) is 0.800. The number of rotatable bonds is 2. The highest BCUT2D eigenvalue weighted by molar-refractivity contribution is 5.86. The van der Waals surface area contributed by atoms with E-state index in [-0.39, 0.29) is 23.8 Å². The summed E-state index contributed by atoms with van der Waals surface area (Å²) >= 11 is 0. The van der Waals surface area contributed by atoms with Crippen molar-refractivity contribution in [3.8, 4) is 0 Å². The second-order valence-electron chi connectivity index (χ2n) is 3.72. The molecule has 80 valence electrons. The van der Waals surface area contributed by atoms with Gasteiger partial charge in [0.1, 0.15) is 0 Å². The first-order valence-electron chi connectivity index (χ1n) is 4.86. The van der Waals surface area contributed by atoms with E-state index in [0.29, 0.717) is 13.0 Å². The lowest BCUT2D eigenvalue weighted by atomic mass is 9.96. The SMILES string of the molecule is COC1CCN(C(C)=O)C(C(C)=O)C1. The third-order valence-electron chi connectivity index (χ3n) is 2.76. The summed E-state index contributed by atoms with van der Waals surface area (Å²) in [6.45, 7) is 3.65. The fourth-order valence-corrected chi connectivity index (χ4v) is 1.91. The van der Waals surface area contributed by atoms with Crippen molar-refractivity contribution in [2.45, 2.75) is 38.8 Å². The molecule has 0 spiro atoms. The first-order chi connectivity index (χ1) is 6.56. The van der Waals surface area contributed by atoms with Crippen LogP contribution < -0.4 is 0 Å². The molecule has 0 N–H and O–H groups in total. The van der Waals surface area contributed by atoms with Gasteiger partial charge in [-0.25, -0.2) is 0 Å². The van der Waals surface area contributed by atoms with Crippen LogP contribution >= 0.6 is 0 Å². The number of likely N-dealkylation sites (tertiary alicyclic amines) is 1. The number of hydrogen-bond acceptors (Lipinski definition) is 3. The van der Waals surface area contributed by atoms with E-state index in [2.05, 4.69) is 0 Å². The van der Waals surface area contributed by atoms with Crippen molar-refractivity contribution in [1.29, 1.82) is 0 Å². The van der Waals surface area contributed by atoms with Crippen molar-refractivity contribution in [3.05, 3.63) is 0 Å². The van der Waals surface area contributed by atoms with E-state index >= 15 is 0 Å². The van der Waals surface area contributed by atoms with Crippen LogP contribution in [0.25, 0.3) is 0 Å². The number of amides is 1. The Kier molecular flexibility index (Phi) is 3.63. The van der Waals surface area contributed by atoms with Crippen LogP contribution in [0.5, 0.6) is 0 Å². The Morgan fingerprint density at radius 1 is 1.36 bits per heavy atom. The highest BCUT2D eigenvalue weighted by Gasteiger charge is 2.32. The van der Waals surface area contributed by atoms with Crippen LogP contribution in [0.15, 0.2) is 0 Å². The maximum Gasteiger partial charge on any atom is 0.220 e. The topological polar surface area (TPSA) is 46.6 Å². The van der Waals surface area contributed by atoms with Crippen molar-refractivity contribution in [2.24, 2.45) is 0 Å². The Balaban J connectivity index is 2.70. The molecule has 2 atom stereocenters. The molecule has 1 aliphatic heterocycles. The van der Waals surface area contributed by atoms with Gasteiger partial charge in [-0.15, -0.1) is 0 Å². The standard InChI is InChI=1S/C10H17NO3/c1-7(12)10-6-9(14-3)4-5-11(10)8(2)13/h9-10H,4-6H2,1-3H3. The van der Waals surface area contributed by atoms with Crippen LogP contribution in [-0.4, -0.2) is 42.4 Å². The summed E-state index contributed by atoms with van der Waals surface area (Å²) < 4.78 is 5.21. The largest absolute Gasteiger partial charge is 0.381 e. The molecule has 1 amide bonds. The highest BCUT2D eigenvalue weighted by Crippen LogP contribution is 2.20. The van der Waals surface area contributed by atoms with Crippen LogP contribution in [0.2, 0.25) is 0 Å². The molecule has 14 heavy (non-hydrogen) atoms. The predicted molar refractivity (Wildman–Crippen MR) is 51.9 cm³/mol. The minimum atomic E-state index is -0.286. The predicted octanol–water partition coefficient (Wildman–Crippen LogP) is 0.601. The highest BCUT2D eigenvalue weighted by atomic mass is 16.5. The average molecular weight is 199 g/mol. The van der Waals surface area contributed by atoms with E-state index in [1.165, 1.54) is 13.8 Å². The van der Waals surface area contributed by atoms with Gasteiger partial charge in [-0.1, -0.05) is 0 Å². The molecule has 1 saturated heterocycles. The van der Waals surface area contributed by atoms with E-state index < -0.39 is 0 Å². The monoisotopic (exact) mass is 199 g/mol. The normalized spacial score (nSPS) is 27.5. The Bertz CT molecular complexity index is 240. The van der Waals surface area contributed by atoms with Crippen molar-refractivity contribution >= 4 is 11.7 Å². The van der Waals surface area contributed by atoms with Gasteiger partial charge in [-0.2, -0.15) is 0 Å². The molecule has 1 fully saturated rings. The molecule has 1 heterocycles. The van der Waals surface area contributed by atoms with E-state index in [0.717, 1.165) is 6.42 Å². The summed E-state index contributed by atoms with van der Waals surface area (Å²) in [5.74, 6) is 0.0155. The van der Waals surface area contributed by atoms with Gasteiger partial charge in [0.15, 0.2) is 5.78 Å². The van der Waals surface area contributed by atoms with E-state index in [1.807, 2.05) is 0 Å². The molecule has 1 aliphatic rings. The summed E-state index contributed by atoms with van der Waals surface area (Å²) in [6, 6.07) is -0.286. The summed E-state index contributed by atoms with van der Waals surface area (Å²) in [5.41, 5.74) is 0. The smallest absolute Gasteiger partial charge is 0.220 e. The number of carbonyl (C=O) groups is 2. The zero-order valence-electron chi connectivity index (χ0n) is 8.95. The summed E-state index contributed by atoms with van der Waals surface area (Å²) in [4.78, 5) is 24.2. The summed E-state index contributed by atoms with van der Waals surface area (Å²) in [5, 5.41) is 0. The zero-order chi connectivity index (χ0) is 10.7. The maximum atomic E-state index is 11.3. The van der Waals surface area contributed by atoms with Crippen LogP contribution in [0.4, 0.5) is 0 Å². The van der Waals surface area contributed by atoms with Crippen LogP contribution in [0.1, 0.15) is 26.7 Å². The lowest BCUT2D eigenvalue weighted by Crippen LogP contribution is -2.50. The second kappa shape index (κ2) is 4.55. The number of Topliss-reactive ketones (excluding diaryl/α,β-unsaturated/α-hetero) is 1. The molecule has 0 aromatic carbocycles. The van der Waals surface area contributed by atoms with Crippen molar-refractivity contribution in [1.82, 2.24) is 4.90 Å². The first kappa shape index (κ1) is 11.2. The number of piperidine rings is 1. The second-order valence-corrected chi connectivity index (χ2v) is 3.72. The molecule has 4 heteroatoms. The molecule has 0 aromatic heterocycles. The first-order valence-corrected chi connectivity index (χ1v) is 4.86. The quantitative estimate of drug-likeness (QED) is 0.654. The van der Waals surface area contributed by atoms with Crippen molar-refractivity contribution in [3.63, 3.8) is 0 Å². The van der Waals surface area contributed by atoms with E-state index in [9.17, 15) is 9.59 Å². The summed E-state index contributed by atoms with van der Waals surface area (Å²) in [7, 11) is 1.64. The van der Waals surface area contributed by atoms with Gasteiger partial charge in [0, 0.05) is 27.0 Å². The number of ether oxygens (including phenoxy) is 1. The van der Waals surface area contributed by atoms with Gasteiger partial charge in [0.05, 0.1) is 12.1 Å². The third-order valence-corrected chi connectivity index (χ3v) is 2.76. The number of hydrogen-bond donors (Lipinski definition) is 0. The molecular formula is C10H17NO3. The molecule has 0 radical (unpaired) electrons. The molecule has 0 saturated carbocycles. The Morgan fingerprint density at radius 2 is 2.00 bits per heavy atom. The van der Waals surface area contributed by atoms with Gasteiger partial charge in [0.2, 0.25) is 5.91 Å². The fourth-order valence-electron chi connectivity index (χ4n) is 1.91. The minimum Gasteiger partial charge on any atom is -0.381 e. The van der Waals surface area contributed by atoms with Crippen molar-refractivity contribution < 1.29 is 14.3 Å². The van der Waals surface area contributed by atoms with Crippen LogP contribution in [0.3, 0.4) is 0 Å². The van der Waals surface area contributed by atoms with Gasteiger partial charge in [0.25, 0.3) is 0 Å². The van der Waals surface area contributed by atoms with E-state index in [1.54, 1.807) is 12.0 Å². The number of nitrogens with zero attached hydrogens (tertiary/aromatic N) is 1. The van der Waals surface area contributed by atoms with Crippen molar-refractivity contribution in [2.75, 3.05) is 13.7 Å². The third kappa shape index (κ3) is 2.32. The van der Waals surface area contributed by atoms with E-state index in [4.69, 9.17) is 4.74 Å². The number of carbonyl (C=O) groups excluding carboxylic acids is 2. The Hall–Kier alpha value is -0.900. The van der Waals surface area contributed by atoms with Crippen LogP contribution in [-0.2, 0) is 14.3 Å². The molecule has 4 nitrogen and oxygen atoms in total. The molecule has 2 unspecified atom stereocenters. The van der Waals surface area contributed by atoms with Gasteiger partial charge >= 0.3 is 0 Å². The van der Waals surface area contributed by atoms with Gasteiger partial charge in [-0.05, 0) is 13.3 Å². The Morgan fingerprint density at radius 3 is 2.43 bits per heavy atom. The van der Waals surface area contributed by atoms with Gasteiger partial charge in [-0.3, -0.25) is 9.59 Å². The molecule has 0 aliphatic carbocycles. The number of ketones is 1. The molecule has 0 bridgehead atoms. The summed E-state index contributed by atoms with van der Waals surface area (Å²) in [6.07, 6.45) is 1.56. The zero-order valence-corrected chi connectivity index (χ0v) is 8.95.